The van der Waals surface area contributed by atoms with Crippen LogP contribution in [0.1, 0.15) is 43.2 Å². The molecular weight excluding hydrogens is 521 g/mol. The monoisotopic (exact) mass is 555 g/mol. The third kappa shape index (κ3) is 8.08. The van der Waals surface area contributed by atoms with E-state index in [4.69, 9.17) is 0 Å². The van der Waals surface area contributed by atoms with Gasteiger partial charge in [-0.05, 0) is 61.0 Å². The van der Waals surface area contributed by atoms with E-state index < -0.39 is 0 Å². The molecule has 0 saturated carbocycles. The molecule has 1 aliphatic rings. The second-order valence-electron chi connectivity index (χ2n) is 7.94. The molecule has 6 nitrogen and oxygen atoms in total. The quantitative estimate of drug-likeness (QED) is 0.268. The normalized spacial score (nSPS) is 16.3. The topological polar surface area (TPSA) is 68.8 Å². The zero-order chi connectivity index (χ0) is 21.3. The van der Waals surface area contributed by atoms with Crippen LogP contribution >= 0.6 is 35.3 Å². The Bertz CT molecular complexity index is 834. The third-order valence-corrected chi connectivity index (χ3v) is 6.50. The highest BCUT2D eigenvalue weighted by Gasteiger charge is 2.25. The van der Waals surface area contributed by atoms with Gasteiger partial charge in [-0.15, -0.1) is 35.3 Å². The van der Waals surface area contributed by atoms with Gasteiger partial charge in [-0.1, -0.05) is 25.1 Å². The number of nitrogens with one attached hydrogen (secondary N) is 3. The molecule has 1 saturated heterocycles. The minimum atomic E-state index is -0.0655. The number of carbonyl (C=O) groups excluding carboxylic acids is 1. The van der Waals surface area contributed by atoms with Crippen molar-refractivity contribution in [3.05, 3.63) is 52.2 Å². The molecule has 1 fully saturated rings. The molecule has 0 aliphatic carbocycles. The molecular formula is C23H34IN5OS. The number of nitrogens with zero attached hydrogens (tertiary/aromatic N) is 2. The van der Waals surface area contributed by atoms with Crippen LogP contribution in [0.2, 0.25) is 0 Å². The van der Waals surface area contributed by atoms with E-state index in [0.29, 0.717) is 12.6 Å². The number of amides is 1. The molecule has 0 bridgehead atoms. The molecule has 8 heteroatoms. The van der Waals surface area contributed by atoms with Gasteiger partial charge in [-0.25, -0.2) is 0 Å². The van der Waals surface area contributed by atoms with Crippen LogP contribution in [-0.2, 0) is 11.3 Å². The largest absolute Gasteiger partial charge is 0.354 e. The minimum Gasteiger partial charge on any atom is -0.354 e. The zero-order valence-corrected chi connectivity index (χ0v) is 21.7. The van der Waals surface area contributed by atoms with Crippen LogP contribution < -0.4 is 16.0 Å². The second kappa shape index (κ2) is 13.0. The fourth-order valence-electron chi connectivity index (χ4n) is 3.79. The smallest absolute Gasteiger partial charge is 0.221 e. The molecule has 1 unspecified atom stereocenters. The lowest BCUT2D eigenvalue weighted by molar-refractivity contribution is -0.114. The highest BCUT2D eigenvalue weighted by molar-refractivity contribution is 14.0. The van der Waals surface area contributed by atoms with Crippen molar-refractivity contribution >= 4 is 52.9 Å². The van der Waals surface area contributed by atoms with Gasteiger partial charge >= 0.3 is 0 Å². The highest BCUT2D eigenvalue weighted by atomic mass is 127. The Morgan fingerprint density at radius 3 is 2.65 bits per heavy atom. The lowest BCUT2D eigenvalue weighted by atomic mass is 9.97. The molecule has 2 heterocycles. The lowest BCUT2D eigenvalue weighted by Crippen LogP contribution is -2.44. The Kier molecular flexibility index (Phi) is 10.8. The summed E-state index contributed by atoms with van der Waals surface area (Å²) in [6.45, 7) is 7.62. The summed E-state index contributed by atoms with van der Waals surface area (Å²) in [5.41, 5.74) is 1.89. The average molecular weight is 556 g/mol. The maximum Gasteiger partial charge on any atom is 0.221 e. The van der Waals surface area contributed by atoms with Gasteiger partial charge in [0.2, 0.25) is 5.91 Å². The molecule has 0 radical (unpaired) electrons. The first-order valence-electron chi connectivity index (χ1n) is 10.6. The second-order valence-corrected chi connectivity index (χ2v) is 8.92. The number of anilines is 1. The number of guanidine groups is 1. The number of piperidine rings is 1. The Labute approximate surface area is 206 Å². The number of hydrogen-bond donors (Lipinski definition) is 3. The standard InChI is InChI=1S/C23H33N5OS.HI/c1-17-9-11-28(12-10-17)21(22-8-5-13-30-22)16-26-23(24-3)25-15-19-6-4-7-20(14-19)27-18(2)29;/h4-8,13-14,17,21H,9-12,15-16H2,1-3H3,(H,27,29)(H2,24,25,26);1H. The van der Waals surface area contributed by atoms with Gasteiger partial charge in [0, 0.05) is 37.6 Å². The van der Waals surface area contributed by atoms with E-state index in [1.54, 1.807) is 7.05 Å². The average Bonchev–Trinajstić information content (AvgIpc) is 3.26. The molecule has 170 valence electrons. The number of aliphatic imine (C=N–C) groups is 1. The van der Waals surface area contributed by atoms with Crippen LogP contribution in [0.3, 0.4) is 0 Å². The number of benzene rings is 1. The Balaban J connectivity index is 0.00000341. The van der Waals surface area contributed by atoms with Crippen LogP contribution in [0.5, 0.6) is 0 Å². The van der Waals surface area contributed by atoms with E-state index in [9.17, 15) is 4.79 Å². The lowest BCUT2D eigenvalue weighted by Gasteiger charge is -2.36. The van der Waals surface area contributed by atoms with E-state index in [1.807, 2.05) is 35.6 Å². The SMILES string of the molecule is CN=C(NCc1cccc(NC(C)=O)c1)NCC(c1cccs1)N1CCC(C)CC1.I. The summed E-state index contributed by atoms with van der Waals surface area (Å²) >= 11 is 1.82. The third-order valence-electron chi connectivity index (χ3n) is 5.52. The fraction of sp³-hybridized carbons (Fsp3) is 0.478. The molecule has 2 aromatic rings. The Morgan fingerprint density at radius 1 is 1.23 bits per heavy atom. The van der Waals surface area contributed by atoms with Crippen LogP contribution in [0.25, 0.3) is 0 Å². The maximum absolute atomic E-state index is 11.3. The summed E-state index contributed by atoms with van der Waals surface area (Å²) < 4.78 is 0. The number of carbonyl (C=O) groups is 1. The molecule has 31 heavy (non-hydrogen) atoms. The fourth-order valence-corrected chi connectivity index (χ4v) is 4.65. The van der Waals surface area contributed by atoms with Crippen molar-refractivity contribution in [2.24, 2.45) is 10.9 Å². The van der Waals surface area contributed by atoms with Crippen LogP contribution in [0.15, 0.2) is 46.8 Å². The van der Waals surface area contributed by atoms with Crippen LogP contribution in [0.4, 0.5) is 5.69 Å². The van der Waals surface area contributed by atoms with Gasteiger partial charge in [0.1, 0.15) is 0 Å². The van der Waals surface area contributed by atoms with Crippen molar-refractivity contribution in [3.8, 4) is 0 Å². The van der Waals surface area contributed by atoms with Crippen molar-refractivity contribution in [3.63, 3.8) is 0 Å². The first kappa shape index (κ1) is 25.6. The first-order chi connectivity index (χ1) is 14.5. The Hall–Kier alpha value is -1.65. The number of rotatable bonds is 7. The molecule has 1 amide bonds. The van der Waals surface area contributed by atoms with Crippen molar-refractivity contribution < 1.29 is 4.79 Å². The molecule has 1 aromatic heterocycles. The minimum absolute atomic E-state index is 0. The van der Waals surface area contributed by atoms with Gasteiger partial charge in [-0.2, -0.15) is 0 Å². The predicted octanol–water partition coefficient (Wildman–Crippen LogP) is 4.46. The van der Waals surface area contributed by atoms with Gasteiger partial charge < -0.3 is 16.0 Å². The van der Waals surface area contributed by atoms with Crippen molar-refractivity contribution in [2.45, 2.75) is 39.3 Å². The van der Waals surface area contributed by atoms with Gasteiger partial charge in [-0.3, -0.25) is 14.7 Å². The molecule has 1 atom stereocenters. The molecule has 0 spiro atoms. The predicted molar refractivity (Wildman–Crippen MR) is 141 cm³/mol. The van der Waals surface area contributed by atoms with Crippen molar-refractivity contribution in [1.82, 2.24) is 15.5 Å². The summed E-state index contributed by atoms with van der Waals surface area (Å²) in [4.78, 5) is 19.7. The summed E-state index contributed by atoms with van der Waals surface area (Å²) in [7, 11) is 1.80. The van der Waals surface area contributed by atoms with Crippen LogP contribution in [-0.4, -0.2) is 43.4 Å². The van der Waals surface area contributed by atoms with E-state index in [1.165, 1.54) is 24.6 Å². The number of thiophene rings is 1. The van der Waals surface area contributed by atoms with Gasteiger partial charge in [0.15, 0.2) is 5.96 Å². The van der Waals surface area contributed by atoms with E-state index >= 15 is 0 Å². The van der Waals surface area contributed by atoms with E-state index in [-0.39, 0.29) is 29.9 Å². The molecule has 3 rings (SSSR count). The summed E-state index contributed by atoms with van der Waals surface area (Å²) in [5, 5.41) is 11.9. The highest BCUT2D eigenvalue weighted by Crippen LogP contribution is 2.29. The zero-order valence-electron chi connectivity index (χ0n) is 18.6. The summed E-state index contributed by atoms with van der Waals surface area (Å²) in [6.07, 6.45) is 2.53. The molecule has 3 N–H and O–H groups in total. The summed E-state index contributed by atoms with van der Waals surface area (Å²) in [6, 6.07) is 12.6. The number of halogens is 1. The first-order valence-corrected chi connectivity index (χ1v) is 11.5. The van der Waals surface area contributed by atoms with Crippen LogP contribution in [0, 0.1) is 5.92 Å². The van der Waals surface area contributed by atoms with E-state index in [0.717, 1.165) is 42.8 Å². The van der Waals surface area contributed by atoms with Gasteiger partial charge in [0.25, 0.3) is 0 Å². The number of hydrogen-bond acceptors (Lipinski definition) is 4. The Morgan fingerprint density at radius 2 is 2.00 bits per heavy atom. The van der Waals surface area contributed by atoms with E-state index in [2.05, 4.69) is 50.3 Å². The molecule has 1 aliphatic heterocycles. The van der Waals surface area contributed by atoms with Crippen molar-refractivity contribution in [2.75, 3.05) is 32.0 Å². The molecule has 1 aromatic carbocycles. The summed E-state index contributed by atoms with van der Waals surface area (Å²) in [5.74, 6) is 1.54. The van der Waals surface area contributed by atoms with Gasteiger partial charge in [0.05, 0.1) is 6.04 Å². The number of likely N-dealkylation sites (tertiary alicyclic amines) is 1. The maximum atomic E-state index is 11.3. The van der Waals surface area contributed by atoms with Crippen molar-refractivity contribution in [1.29, 1.82) is 0 Å².